The van der Waals surface area contributed by atoms with E-state index in [4.69, 9.17) is 9.84 Å². The maximum atomic E-state index is 11.2. The first-order chi connectivity index (χ1) is 12.0. The number of carboxylic acids is 1. The van der Waals surface area contributed by atoms with Crippen LogP contribution in [0.15, 0.2) is 47.1 Å². The summed E-state index contributed by atoms with van der Waals surface area (Å²) in [5, 5.41) is 19.2. The van der Waals surface area contributed by atoms with E-state index in [1.165, 1.54) is 17.2 Å². The van der Waals surface area contributed by atoms with Crippen LogP contribution in [0.3, 0.4) is 0 Å². The van der Waals surface area contributed by atoms with Gasteiger partial charge in [0, 0.05) is 28.2 Å². The van der Waals surface area contributed by atoms with Crippen molar-refractivity contribution in [3.63, 3.8) is 0 Å². The summed E-state index contributed by atoms with van der Waals surface area (Å²) in [6, 6.07) is 0. The first-order valence-electron chi connectivity index (χ1n) is 9.27. The van der Waals surface area contributed by atoms with Crippen LogP contribution in [0, 0.1) is 22.2 Å². The minimum Gasteiger partial charge on any atom is -0.478 e. The monoisotopic (exact) mass is 358 g/mol. The lowest BCUT2D eigenvalue weighted by Gasteiger charge is -2.52. The van der Waals surface area contributed by atoms with Crippen LogP contribution in [0.5, 0.6) is 0 Å². The van der Waals surface area contributed by atoms with E-state index in [0.29, 0.717) is 0 Å². The van der Waals surface area contributed by atoms with E-state index in [1.54, 1.807) is 6.08 Å². The quantitative estimate of drug-likeness (QED) is 0.591. The van der Waals surface area contributed by atoms with Crippen LogP contribution in [0.25, 0.3) is 0 Å². The molecule has 6 atom stereocenters. The van der Waals surface area contributed by atoms with Crippen molar-refractivity contribution in [2.45, 2.75) is 53.8 Å². The number of hydrogen-bond acceptors (Lipinski definition) is 3. The SMILES string of the molecule is C/C=C(/C)C1OC2C(CO)=CC(C)(/C=C/C(=O)O)C3C(C)=CC1(C)C23C. The topological polar surface area (TPSA) is 66.8 Å². The van der Waals surface area contributed by atoms with Crippen LogP contribution >= 0.6 is 0 Å². The Kier molecular flexibility index (Phi) is 4.36. The zero-order chi connectivity index (χ0) is 19.5. The number of hydrogen-bond donors (Lipinski definition) is 2. The van der Waals surface area contributed by atoms with Gasteiger partial charge in [-0.1, -0.05) is 50.6 Å². The Bertz CT molecular complexity index is 758. The molecule has 0 aromatic heterocycles. The Morgan fingerprint density at radius 3 is 2.50 bits per heavy atom. The van der Waals surface area contributed by atoms with Gasteiger partial charge in [0.15, 0.2) is 0 Å². The summed E-state index contributed by atoms with van der Waals surface area (Å²) in [7, 11) is 0. The lowest BCUT2D eigenvalue weighted by Crippen LogP contribution is -2.52. The van der Waals surface area contributed by atoms with Gasteiger partial charge in [0.2, 0.25) is 0 Å². The number of aliphatic carboxylic acids is 1. The second-order valence-electron chi connectivity index (χ2n) is 8.73. The van der Waals surface area contributed by atoms with Gasteiger partial charge in [0.05, 0.1) is 18.8 Å². The molecular weight excluding hydrogens is 328 g/mol. The molecule has 1 heterocycles. The van der Waals surface area contributed by atoms with E-state index >= 15 is 0 Å². The van der Waals surface area contributed by atoms with Gasteiger partial charge in [0.1, 0.15) is 0 Å². The standard InChI is InChI=1S/C22H30O4/c1-7-13(2)18-21(5)10-14(3)17-20(4,9-8-16(24)25)11-15(12-23)19(26-18)22(17,21)6/h7-11,17-19,23H,12H2,1-6H3,(H,24,25)/b9-8+,13-7-. The summed E-state index contributed by atoms with van der Waals surface area (Å²) in [5.41, 5.74) is 2.35. The zero-order valence-corrected chi connectivity index (χ0v) is 16.5. The molecule has 2 aliphatic carbocycles. The molecule has 0 aromatic carbocycles. The summed E-state index contributed by atoms with van der Waals surface area (Å²) in [4.78, 5) is 11.2. The van der Waals surface area contributed by atoms with Gasteiger partial charge < -0.3 is 14.9 Å². The van der Waals surface area contributed by atoms with Crippen molar-refractivity contribution in [2.24, 2.45) is 22.2 Å². The minimum absolute atomic E-state index is 0.0526. The Labute approximate surface area is 155 Å². The Morgan fingerprint density at radius 1 is 1.31 bits per heavy atom. The van der Waals surface area contributed by atoms with E-state index in [2.05, 4.69) is 46.8 Å². The molecule has 0 saturated carbocycles. The summed E-state index contributed by atoms with van der Waals surface area (Å²) in [6.45, 7) is 12.7. The average molecular weight is 358 g/mol. The maximum absolute atomic E-state index is 11.2. The van der Waals surface area contributed by atoms with Gasteiger partial charge >= 0.3 is 5.97 Å². The second kappa shape index (κ2) is 5.93. The molecule has 0 bridgehead atoms. The summed E-state index contributed by atoms with van der Waals surface area (Å²) < 4.78 is 6.55. The Balaban J connectivity index is 2.24. The Morgan fingerprint density at radius 2 is 1.96 bits per heavy atom. The van der Waals surface area contributed by atoms with Crippen LogP contribution in [-0.2, 0) is 9.53 Å². The van der Waals surface area contributed by atoms with Crippen LogP contribution in [0.2, 0.25) is 0 Å². The van der Waals surface area contributed by atoms with Gasteiger partial charge in [-0.25, -0.2) is 4.79 Å². The molecule has 4 nitrogen and oxygen atoms in total. The molecule has 2 N–H and O–H groups in total. The number of allylic oxidation sites excluding steroid dienone is 4. The predicted octanol–water partition coefficient (Wildman–Crippen LogP) is 3.89. The molecule has 0 radical (unpaired) electrons. The number of carboxylic acid groups (broad SMARTS) is 1. The van der Waals surface area contributed by atoms with Crippen LogP contribution in [-0.4, -0.2) is 35.0 Å². The van der Waals surface area contributed by atoms with Crippen molar-refractivity contribution in [3.8, 4) is 0 Å². The number of aliphatic hydroxyl groups is 1. The molecule has 3 rings (SSSR count). The highest BCUT2D eigenvalue weighted by atomic mass is 16.5. The molecule has 4 heteroatoms. The fourth-order valence-electron chi connectivity index (χ4n) is 6.13. The third-order valence-electron chi connectivity index (χ3n) is 7.20. The van der Waals surface area contributed by atoms with Gasteiger partial charge in [0.25, 0.3) is 0 Å². The molecule has 142 valence electrons. The van der Waals surface area contributed by atoms with E-state index in [9.17, 15) is 9.90 Å². The van der Waals surface area contributed by atoms with E-state index in [0.717, 1.165) is 5.57 Å². The van der Waals surface area contributed by atoms with Gasteiger partial charge in [-0.15, -0.1) is 0 Å². The molecule has 1 aliphatic heterocycles. The van der Waals surface area contributed by atoms with Gasteiger partial charge in [-0.2, -0.15) is 0 Å². The van der Waals surface area contributed by atoms with Crippen molar-refractivity contribution in [3.05, 3.63) is 47.1 Å². The predicted molar refractivity (Wildman–Crippen MR) is 102 cm³/mol. The molecule has 0 aromatic rings. The zero-order valence-electron chi connectivity index (χ0n) is 16.5. The normalized spacial score (nSPS) is 44.9. The smallest absolute Gasteiger partial charge is 0.328 e. The van der Waals surface area contributed by atoms with E-state index in [-0.39, 0.29) is 35.6 Å². The van der Waals surface area contributed by atoms with E-state index in [1.807, 2.05) is 13.0 Å². The number of aliphatic hydroxyl groups excluding tert-OH is 1. The highest BCUT2D eigenvalue weighted by Crippen LogP contribution is 2.71. The fourth-order valence-corrected chi connectivity index (χ4v) is 6.13. The third-order valence-corrected chi connectivity index (χ3v) is 7.20. The van der Waals surface area contributed by atoms with Gasteiger partial charge in [-0.3, -0.25) is 0 Å². The van der Waals surface area contributed by atoms with Crippen molar-refractivity contribution >= 4 is 5.97 Å². The highest BCUT2D eigenvalue weighted by Gasteiger charge is 2.71. The molecule has 1 fully saturated rings. The largest absolute Gasteiger partial charge is 0.478 e. The van der Waals surface area contributed by atoms with Crippen molar-refractivity contribution in [1.82, 2.24) is 0 Å². The maximum Gasteiger partial charge on any atom is 0.328 e. The summed E-state index contributed by atoms with van der Waals surface area (Å²) in [5.74, 6) is -0.837. The molecular formula is C22H30O4. The van der Waals surface area contributed by atoms with E-state index < -0.39 is 11.4 Å². The van der Waals surface area contributed by atoms with Crippen molar-refractivity contribution in [2.75, 3.05) is 6.61 Å². The Hall–Kier alpha value is -1.65. The molecule has 0 amide bonds. The first kappa shape index (κ1) is 19.1. The number of rotatable bonds is 4. The second-order valence-corrected chi connectivity index (χ2v) is 8.73. The average Bonchev–Trinajstić information content (AvgIpc) is 2.92. The lowest BCUT2D eigenvalue weighted by atomic mass is 9.50. The van der Waals surface area contributed by atoms with Crippen LogP contribution in [0.1, 0.15) is 41.5 Å². The molecule has 3 aliphatic rings. The van der Waals surface area contributed by atoms with Gasteiger partial charge in [-0.05, 0) is 31.9 Å². The summed E-state index contributed by atoms with van der Waals surface area (Å²) in [6.07, 6.45) is 9.22. The highest BCUT2D eigenvalue weighted by molar-refractivity contribution is 5.80. The molecule has 1 saturated heterocycles. The third kappa shape index (κ3) is 2.25. The first-order valence-corrected chi connectivity index (χ1v) is 9.27. The molecule has 26 heavy (non-hydrogen) atoms. The molecule has 0 spiro atoms. The van der Waals surface area contributed by atoms with Crippen molar-refractivity contribution in [1.29, 1.82) is 0 Å². The lowest BCUT2D eigenvalue weighted by molar-refractivity contribution is -0.131. The van der Waals surface area contributed by atoms with Crippen LogP contribution in [0.4, 0.5) is 0 Å². The van der Waals surface area contributed by atoms with Crippen LogP contribution < -0.4 is 0 Å². The fraction of sp³-hybridized carbons (Fsp3) is 0.591. The summed E-state index contributed by atoms with van der Waals surface area (Å²) >= 11 is 0. The van der Waals surface area contributed by atoms with Crippen molar-refractivity contribution < 1.29 is 19.7 Å². The number of ether oxygens (including phenoxy) is 1. The molecule has 6 unspecified atom stereocenters. The number of carbonyl (C=O) groups is 1. The minimum atomic E-state index is -0.954.